The van der Waals surface area contributed by atoms with Crippen LogP contribution in [0.25, 0.3) is 10.2 Å². The summed E-state index contributed by atoms with van der Waals surface area (Å²) in [4.78, 5) is 18.4. The topological polar surface area (TPSA) is 42.4 Å². The fourth-order valence-corrected chi connectivity index (χ4v) is 3.50. The lowest BCUT2D eigenvalue weighted by molar-refractivity contribution is -0.138. The minimum absolute atomic E-state index is 0.206. The second kappa shape index (κ2) is 7.56. The van der Waals surface area contributed by atoms with Crippen molar-refractivity contribution in [3.05, 3.63) is 59.1 Å². The first-order chi connectivity index (χ1) is 12.8. The zero-order valence-electron chi connectivity index (χ0n) is 14.7. The maximum Gasteiger partial charge on any atom is 0.416 e. The van der Waals surface area contributed by atoms with E-state index < -0.39 is 11.7 Å². The molecule has 0 aliphatic carbocycles. The molecule has 4 nitrogen and oxygen atoms in total. The number of amides is 1. The van der Waals surface area contributed by atoms with Crippen LogP contribution in [0.4, 0.5) is 13.2 Å². The molecule has 0 N–H and O–H groups in total. The van der Waals surface area contributed by atoms with Gasteiger partial charge in [-0.2, -0.15) is 13.2 Å². The van der Waals surface area contributed by atoms with E-state index in [1.165, 1.54) is 28.4 Å². The number of para-hydroxylation sites is 1. The Balaban J connectivity index is 1.61. The van der Waals surface area contributed by atoms with Gasteiger partial charge in [0.15, 0.2) is 6.61 Å². The molecule has 0 saturated carbocycles. The lowest BCUT2D eigenvalue weighted by atomic mass is 10.2. The molecule has 0 bridgehead atoms. The van der Waals surface area contributed by atoms with Crippen LogP contribution in [0.2, 0.25) is 0 Å². The van der Waals surface area contributed by atoms with E-state index in [-0.39, 0.29) is 24.3 Å². The molecule has 0 aliphatic heterocycles. The van der Waals surface area contributed by atoms with E-state index in [1.807, 2.05) is 31.2 Å². The van der Waals surface area contributed by atoms with Crippen molar-refractivity contribution in [3.8, 4) is 5.75 Å². The van der Waals surface area contributed by atoms with Crippen LogP contribution in [0.3, 0.4) is 0 Å². The normalized spacial score (nSPS) is 12.8. The van der Waals surface area contributed by atoms with Gasteiger partial charge < -0.3 is 9.64 Å². The Morgan fingerprint density at radius 2 is 1.85 bits per heavy atom. The number of rotatable bonds is 5. The Morgan fingerprint density at radius 3 is 2.48 bits per heavy atom. The van der Waals surface area contributed by atoms with Gasteiger partial charge in [0, 0.05) is 7.05 Å². The number of carbonyl (C=O) groups is 1. The van der Waals surface area contributed by atoms with Gasteiger partial charge in [0.05, 0.1) is 21.8 Å². The van der Waals surface area contributed by atoms with Crippen LogP contribution < -0.4 is 4.74 Å². The lowest BCUT2D eigenvalue weighted by Crippen LogP contribution is -2.33. The van der Waals surface area contributed by atoms with Gasteiger partial charge in [-0.25, -0.2) is 4.98 Å². The predicted molar refractivity (Wildman–Crippen MR) is 97.7 cm³/mol. The van der Waals surface area contributed by atoms with Crippen molar-refractivity contribution in [2.45, 2.75) is 19.1 Å². The highest BCUT2D eigenvalue weighted by Gasteiger charge is 2.30. The molecular weight excluding hydrogens is 377 g/mol. The maximum absolute atomic E-state index is 12.6. The molecule has 1 amide bonds. The summed E-state index contributed by atoms with van der Waals surface area (Å²) >= 11 is 1.52. The summed E-state index contributed by atoms with van der Waals surface area (Å²) in [5.74, 6) is -0.0842. The average Bonchev–Trinajstić information content (AvgIpc) is 3.08. The molecular formula is C19H17F3N2O2S. The molecule has 3 aromatic rings. The summed E-state index contributed by atoms with van der Waals surface area (Å²) in [6.45, 7) is 1.60. The summed E-state index contributed by atoms with van der Waals surface area (Å²) in [5.41, 5.74) is 0.119. The second-order valence-electron chi connectivity index (χ2n) is 6.01. The van der Waals surface area contributed by atoms with Crippen molar-refractivity contribution in [2.24, 2.45) is 0 Å². The highest BCUT2D eigenvalue weighted by atomic mass is 32.1. The van der Waals surface area contributed by atoms with Gasteiger partial charge in [-0.15, -0.1) is 11.3 Å². The van der Waals surface area contributed by atoms with Crippen LogP contribution in [-0.2, 0) is 11.0 Å². The Morgan fingerprint density at radius 1 is 1.19 bits per heavy atom. The third kappa shape index (κ3) is 4.39. The number of carbonyl (C=O) groups excluding carboxylic acids is 1. The standard InChI is InChI=1S/C19H17F3N2O2S/c1-12(18-23-15-5-3-4-6-16(15)27-18)24(2)17(25)11-26-14-9-7-13(8-10-14)19(20,21)22/h3-10,12H,11H2,1-2H3. The van der Waals surface area contributed by atoms with Gasteiger partial charge in [0.1, 0.15) is 10.8 Å². The molecule has 0 radical (unpaired) electrons. The number of halogens is 3. The summed E-state index contributed by atoms with van der Waals surface area (Å²) in [6, 6.07) is 11.7. The minimum atomic E-state index is -4.40. The Hall–Kier alpha value is -2.61. The average molecular weight is 394 g/mol. The van der Waals surface area contributed by atoms with E-state index in [1.54, 1.807) is 7.05 Å². The van der Waals surface area contributed by atoms with E-state index >= 15 is 0 Å². The smallest absolute Gasteiger partial charge is 0.416 e. The summed E-state index contributed by atoms with van der Waals surface area (Å²) < 4.78 is 44.0. The highest BCUT2D eigenvalue weighted by molar-refractivity contribution is 7.18. The van der Waals surface area contributed by atoms with Crippen molar-refractivity contribution in [1.29, 1.82) is 0 Å². The zero-order valence-corrected chi connectivity index (χ0v) is 15.5. The van der Waals surface area contributed by atoms with Gasteiger partial charge in [0.2, 0.25) is 0 Å². The number of benzene rings is 2. The molecule has 8 heteroatoms. The number of thiazole rings is 1. The monoisotopic (exact) mass is 394 g/mol. The molecule has 0 saturated heterocycles. The molecule has 0 aliphatic rings. The second-order valence-corrected chi connectivity index (χ2v) is 7.07. The number of ether oxygens (including phenoxy) is 1. The molecule has 0 fully saturated rings. The number of nitrogens with zero attached hydrogens (tertiary/aromatic N) is 2. The van der Waals surface area contributed by atoms with E-state index in [0.29, 0.717) is 0 Å². The van der Waals surface area contributed by atoms with Crippen molar-refractivity contribution < 1.29 is 22.7 Å². The van der Waals surface area contributed by atoms with Crippen LogP contribution >= 0.6 is 11.3 Å². The molecule has 3 rings (SSSR count). The first-order valence-corrected chi connectivity index (χ1v) is 8.98. The summed E-state index contributed by atoms with van der Waals surface area (Å²) in [5, 5.41) is 0.807. The van der Waals surface area contributed by atoms with Gasteiger partial charge >= 0.3 is 6.18 Å². The van der Waals surface area contributed by atoms with Crippen LogP contribution in [0.15, 0.2) is 48.5 Å². The number of fused-ring (bicyclic) bond motifs is 1. The number of hydrogen-bond acceptors (Lipinski definition) is 4. The molecule has 1 aromatic heterocycles. The molecule has 2 aromatic carbocycles. The Kier molecular flexibility index (Phi) is 5.36. The SMILES string of the molecule is CC(c1nc2ccccc2s1)N(C)C(=O)COc1ccc(C(F)(F)F)cc1. The first kappa shape index (κ1) is 19.2. The van der Waals surface area contributed by atoms with Gasteiger partial charge in [-0.1, -0.05) is 12.1 Å². The molecule has 1 atom stereocenters. The van der Waals surface area contributed by atoms with Gasteiger partial charge in [-0.05, 0) is 43.3 Å². The number of likely N-dealkylation sites (N-methyl/N-ethyl adjacent to an activating group) is 1. The largest absolute Gasteiger partial charge is 0.484 e. The Labute approximate surface area is 158 Å². The van der Waals surface area contributed by atoms with Crippen molar-refractivity contribution in [3.63, 3.8) is 0 Å². The minimum Gasteiger partial charge on any atom is -0.484 e. The van der Waals surface area contributed by atoms with Crippen LogP contribution in [0.1, 0.15) is 23.5 Å². The fraction of sp³-hybridized carbons (Fsp3) is 0.263. The van der Waals surface area contributed by atoms with E-state index in [0.717, 1.165) is 27.4 Å². The van der Waals surface area contributed by atoms with E-state index in [2.05, 4.69) is 4.98 Å². The quantitative estimate of drug-likeness (QED) is 0.617. The summed E-state index contributed by atoms with van der Waals surface area (Å²) in [6.07, 6.45) is -4.40. The third-order valence-electron chi connectivity index (χ3n) is 4.19. The molecule has 1 unspecified atom stereocenters. The zero-order chi connectivity index (χ0) is 19.6. The fourth-order valence-electron chi connectivity index (χ4n) is 2.44. The van der Waals surface area contributed by atoms with Crippen molar-refractivity contribution in [1.82, 2.24) is 9.88 Å². The number of aromatic nitrogens is 1. The van der Waals surface area contributed by atoms with Crippen molar-refractivity contribution >= 4 is 27.5 Å². The Bertz CT molecular complexity index is 905. The molecule has 142 valence electrons. The van der Waals surface area contributed by atoms with Crippen LogP contribution in [0.5, 0.6) is 5.75 Å². The summed E-state index contributed by atoms with van der Waals surface area (Å²) in [7, 11) is 1.65. The third-order valence-corrected chi connectivity index (χ3v) is 5.39. The van der Waals surface area contributed by atoms with Crippen LogP contribution in [0, 0.1) is 0 Å². The van der Waals surface area contributed by atoms with Gasteiger partial charge in [0.25, 0.3) is 5.91 Å². The highest BCUT2D eigenvalue weighted by Crippen LogP contribution is 2.31. The van der Waals surface area contributed by atoms with Crippen molar-refractivity contribution in [2.75, 3.05) is 13.7 Å². The lowest BCUT2D eigenvalue weighted by Gasteiger charge is -2.23. The van der Waals surface area contributed by atoms with Gasteiger partial charge in [-0.3, -0.25) is 4.79 Å². The number of hydrogen-bond donors (Lipinski definition) is 0. The molecule has 1 heterocycles. The maximum atomic E-state index is 12.6. The predicted octanol–water partition coefficient (Wildman–Crippen LogP) is 4.91. The number of alkyl halides is 3. The molecule has 0 spiro atoms. The van der Waals surface area contributed by atoms with E-state index in [9.17, 15) is 18.0 Å². The van der Waals surface area contributed by atoms with Crippen LogP contribution in [-0.4, -0.2) is 29.4 Å². The van der Waals surface area contributed by atoms with E-state index in [4.69, 9.17) is 4.74 Å². The first-order valence-electron chi connectivity index (χ1n) is 8.17. The molecule has 27 heavy (non-hydrogen) atoms.